The van der Waals surface area contributed by atoms with Crippen molar-refractivity contribution in [2.45, 2.75) is 70.1 Å². The molecule has 2 N–H and O–H groups in total. The number of unbranched alkanes of at least 4 members (excludes halogenated alkanes) is 2. The Morgan fingerprint density at radius 1 is 1.19 bits per heavy atom. The van der Waals surface area contributed by atoms with Gasteiger partial charge in [-0.2, -0.15) is 4.99 Å². The molecule has 0 unspecified atom stereocenters. The predicted molar refractivity (Wildman–Crippen MR) is 125 cm³/mol. The fourth-order valence-electron chi connectivity index (χ4n) is 3.72. The van der Waals surface area contributed by atoms with E-state index in [0.29, 0.717) is 11.3 Å². The molecule has 0 radical (unpaired) electrons. The zero-order valence-electron chi connectivity index (χ0n) is 18.4. The molecule has 1 aromatic carbocycles. The zero-order valence-corrected chi connectivity index (χ0v) is 19.2. The fourth-order valence-corrected chi connectivity index (χ4v) is 4.84. The van der Waals surface area contributed by atoms with Gasteiger partial charge >= 0.3 is 0 Å². The standard InChI is InChI=1S/C23H32N4O3S/c1-3-4-5-8-16(2)24-21(29)17-9-11-18(12-10-17)25-20(28)15-19-22(30)26-23(31-19)27-13-6-7-14-27/h9-12,16,19H,3-8,13-15H2,1-2H3,(H,24,29)(H,25,28)/t16-,19+/m0/s1. The summed E-state index contributed by atoms with van der Waals surface area (Å²) in [5.41, 5.74) is 1.17. The first-order valence-corrected chi connectivity index (χ1v) is 12.1. The molecule has 0 aliphatic carbocycles. The van der Waals surface area contributed by atoms with Crippen LogP contribution in [0.1, 0.15) is 69.2 Å². The second-order valence-corrected chi connectivity index (χ2v) is 9.40. The maximum absolute atomic E-state index is 12.4. The molecule has 7 nitrogen and oxygen atoms in total. The van der Waals surface area contributed by atoms with Crippen molar-refractivity contribution in [3.8, 4) is 0 Å². The predicted octanol–water partition coefficient (Wildman–Crippen LogP) is 3.81. The van der Waals surface area contributed by atoms with E-state index in [1.165, 1.54) is 18.2 Å². The molecule has 0 bridgehead atoms. The van der Waals surface area contributed by atoms with Crippen LogP contribution in [0.3, 0.4) is 0 Å². The minimum atomic E-state index is -0.463. The number of thioether (sulfide) groups is 1. The summed E-state index contributed by atoms with van der Waals surface area (Å²) in [5, 5.41) is 6.11. The number of carbonyl (C=O) groups is 3. The molecular formula is C23H32N4O3S. The molecule has 0 saturated carbocycles. The van der Waals surface area contributed by atoms with Crippen molar-refractivity contribution in [3.05, 3.63) is 29.8 Å². The van der Waals surface area contributed by atoms with Crippen molar-refractivity contribution in [2.24, 2.45) is 4.99 Å². The number of rotatable bonds is 9. The number of hydrogen-bond acceptors (Lipinski definition) is 5. The van der Waals surface area contributed by atoms with Crippen LogP contribution in [0.15, 0.2) is 29.3 Å². The molecule has 3 amide bonds. The van der Waals surface area contributed by atoms with Crippen LogP contribution in [0.4, 0.5) is 5.69 Å². The Balaban J connectivity index is 1.44. The number of amides is 3. The minimum absolute atomic E-state index is 0.0852. The van der Waals surface area contributed by atoms with Crippen molar-refractivity contribution in [2.75, 3.05) is 18.4 Å². The average Bonchev–Trinajstić information content (AvgIpc) is 3.39. The molecule has 3 rings (SSSR count). The van der Waals surface area contributed by atoms with Gasteiger partial charge in [-0.3, -0.25) is 14.4 Å². The summed E-state index contributed by atoms with van der Waals surface area (Å²) in [6, 6.07) is 6.96. The first-order chi connectivity index (χ1) is 15.0. The lowest BCUT2D eigenvalue weighted by Gasteiger charge is -2.16. The van der Waals surface area contributed by atoms with Gasteiger partial charge in [0.1, 0.15) is 5.25 Å². The van der Waals surface area contributed by atoms with E-state index in [0.717, 1.165) is 50.4 Å². The highest BCUT2D eigenvalue weighted by atomic mass is 32.2. The third-order valence-corrected chi connectivity index (χ3v) is 6.74. The SMILES string of the molecule is CCCCC[C@H](C)NC(=O)c1ccc(NC(=O)C[C@H]2SC(N3CCCC3)=NC2=O)cc1. The van der Waals surface area contributed by atoms with Gasteiger partial charge < -0.3 is 15.5 Å². The van der Waals surface area contributed by atoms with Crippen LogP contribution >= 0.6 is 11.8 Å². The van der Waals surface area contributed by atoms with E-state index >= 15 is 0 Å². The number of anilines is 1. The van der Waals surface area contributed by atoms with Crippen molar-refractivity contribution < 1.29 is 14.4 Å². The largest absolute Gasteiger partial charge is 0.351 e. The number of hydrogen-bond donors (Lipinski definition) is 2. The van der Waals surface area contributed by atoms with Crippen LogP contribution in [-0.4, -0.2) is 52.2 Å². The number of nitrogens with one attached hydrogen (secondary N) is 2. The molecule has 1 saturated heterocycles. The van der Waals surface area contributed by atoms with E-state index < -0.39 is 5.25 Å². The highest BCUT2D eigenvalue weighted by molar-refractivity contribution is 8.15. The quantitative estimate of drug-likeness (QED) is 0.565. The van der Waals surface area contributed by atoms with Gasteiger partial charge in [0.05, 0.1) is 0 Å². The lowest BCUT2D eigenvalue weighted by atomic mass is 10.1. The summed E-state index contributed by atoms with van der Waals surface area (Å²) < 4.78 is 0. The van der Waals surface area contributed by atoms with Gasteiger partial charge in [-0.15, -0.1) is 0 Å². The summed E-state index contributed by atoms with van der Waals surface area (Å²) >= 11 is 1.39. The van der Waals surface area contributed by atoms with E-state index in [1.54, 1.807) is 24.3 Å². The highest BCUT2D eigenvalue weighted by Crippen LogP contribution is 2.29. The third-order valence-electron chi connectivity index (χ3n) is 5.53. The van der Waals surface area contributed by atoms with Crippen molar-refractivity contribution >= 4 is 40.3 Å². The number of amidine groups is 1. The van der Waals surface area contributed by atoms with Gasteiger partial charge in [0.2, 0.25) is 5.91 Å². The Labute approximate surface area is 188 Å². The molecule has 2 aliphatic rings. The van der Waals surface area contributed by atoms with E-state index in [1.807, 2.05) is 6.92 Å². The van der Waals surface area contributed by atoms with E-state index in [-0.39, 0.29) is 30.2 Å². The molecule has 0 aromatic heterocycles. The van der Waals surface area contributed by atoms with Crippen molar-refractivity contribution in [1.29, 1.82) is 0 Å². The van der Waals surface area contributed by atoms with Crippen molar-refractivity contribution in [3.63, 3.8) is 0 Å². The molecule has 2 atom stereocenters. The molecule has 168 valence electrons. The first kappa shape index (κ1) is 23.3. The fraction of sp³-hybridized carbons (Fsp3) is 0.565. The molecule has 8 heteroatoms. The normalized spacial score (nSPS) is 19.3. The van der Waals surface area contributed by atoms with Gasteiger partial charge in [0.25, 0.3) is 11.8 Å². The van der Waals surface area contributed by atoms with Gasteiger partial charge in [-0.25, -0.2) is 0 Å². The van der Waals surface area contributed by atoms with Gasteiger partial charge in [0.15, 0.2) is 5.17 Å². The smallest absolute Gasteiger partial charge is 0.262 e. The zero-order chi connectivity index (χ0) is 22.2. The molecular weight excluding hydrogens is 412 g/mol. The summed E-state index contributed by atoms with van der Waals surface area (Å²) in [6.07, 6.45) is 6.72. The molecule has 2 heterocycles. The summed E-state index contributed by atoms with van der Waals surface area (Å²) in [6.45, 7) is 6.03. The number of carbonyl (C=O) groups excluding carboxylic acids is 3. The van der Waals surface area contributed by atoms with Crippen LogP contribution in [0.2, 0.25) is 0 Å². The van der Waals surface area contributed by atoms with Crippen LogP contribution in [0, 0.1) is 0 Å². The Kier molecular flexibility index (Phi) is 8.51. The number of aliphatic imine (C=N–C) groups is 1. The Morgan fingerprint density at radius 2 is 1.90 bits per heavy atom. The van der Waals surface area contributed by atoms with Crippen LogP contribution < -0.4 is 10.6 Å². The van der Waals surface area contributed by atoms with Gasteiger partial charge in [0, 0.05) is 36.8 Å². The third kappa shape index (κ3) is 6.82. The molecule has 1 fully saturated rings. The van der Waals surface area contributed by atoms with Crippen LogP contribution in [-0.2, 0) is 9.59 Å². The van der Waals surface area contributed by atoms with Crippen molar-refractivity contribution in [1.82, 2.24) is 10.2 Å². The second kappa shape index (κ2) is 11.3. The first-order valence-electron chi connectivity index (χ1n) is 11.2. The summed E-state index contributed by atoms with van der Waals surface area (Å²) in [4.78, 5) is 43.2. The minimum Gasteiger partial charge on any atom is -0.351 e. The Morgan fingerprint density at radius 3 is 2.58 bits per heavy atom. The van der Waals surface area contributed by atoms with Gasteiger partial charge in [-0.05, 0) is 50.5 Å². The number of benzene rings is 1. The van der Waals surface area contributed by atoms with E-state index in [9.17, 15) is 14.4 Å². The molecule has 1 aromatic rings. The molecule has 31 heavy (non-hydrogen) atoms. The lowest BCUT2D eigenvalue weighted by molar-refractivity contribution is -0.121. The maximum Gasteiger partial charge on any atom is 0.262 e. The topological polar surface area (TPSA) is 90.9 Å². The monoisotopic (exact) mass is 444 g/mol. The Hall–Kier alpha value is -2.35. The van der Waals surface area contributed by atoms with E-state index in [4.69, 9.17) is 0 Å². The summed E-state index contributed by atoms with van der Waals surface area (Å²) in [7, 11) is 0. The lowest BCUT2D eigenvalue weighted by Crippen LogP contribution is -2.32. The van der Waals surface area contributed by atoms with Crippen LogP contribution in [0.25, 0.3) is 0 Å². The van der Waals surface area contributed by atoms with E-state index in [2.05, 4.69) is 27.4 Å². The van der Waals surface area contributed by atoms with Gasteiger partial charge in [-0.1, -0.05) is 37.9 Å². The summed E-state index contributed by atoms with van der Waals surface area (Å²) in [5.74, 6) is -0.575. The average molecular weight is 445 g/mol. The Bertz CT molecular complexity index is 819. The molecule has 0 spiro atoms. The second-order valence-electron chi connectivity index (χ2n) is 8.23. The number of nitrogens with zero attached hydrogens (tertiary/aromatic N) is 2. The van der Waals surface area contributed by atoms with Crippen LogP contribution in [0.5, 0.6) is 0 Å². The number of likely N-dealkylation sites (tertiary alicyclic amines) is 1. The molecule has 2 aliphatic heterocycles. The maximum atomic E-state index is 12.4. The highest BCUT2D eigenvalue weighted by Gasteiger charge is 2.33.